The molecule has 0 aromatic carbocycles. The summed E-state index contributed by atoms with van der Waals surface area (Å²) >= 11 is 0. The molecule has 0 aliphatic carbocycles. The molecule has 3 aromatic rings. The highest BCUT2D eigenvalue weighted by molar-refractivity contribution is 5.52. The van der Waals surface area contributed by atoms with Gasteiger partial charge in [0, 0.05) is 56.0 Å². The van der Waals surface area contributed by atoms with Crippen LogP contribution in [0.1, 0.15) is 17.0 Å². The third kappa shape index (κ3) is 3.89. The maximum Gasteiger partial charge on any atom is 0.0666 e. The Bertz CT molecular complexity index is 827. The predicted octanol–water partition coefficient (Wildman–Crippen LogP) is 2.73. The van der Waals surface area contributed by atoms with Gasteiger partial charge in [0.05, 0.1) is 24.4 Å². The molecule has 3 aromatic heterocycles. The fourth-order valence-electron chi connectivity index (χ4n) is 3.53. The number of hydrogen-bond acceptors (Lipinski definition) is 4. The largest absolute Gasteiger partial charge is 0.380 e. The van der Waals surface area contributed by atoms with Crippen molar-refractivity contribution in [3.8, 4) is 0 Å². The summed E-state index contributed by atoms with van der Waals surface area (Å²) in [5.41, 5.74) is 4.67. The number of pyridine rings is 1. The van der Waals surface area contributed by atoms with Crippen molar-refractivity contribution in [1.29, 1.82) is 0 Å². The summed E-state index contributed by atoms with van der Waals surface area (Å²) in [6.07, 6.45) is 8.88. The van der Waals surface area contributed by atoms with E-state index in [0.717, 1.165) is 50.7 Å². The van der Waals surface area contributed by atoms with Crippen LogP contribution in [0.3, 0.4) is 0 Å². The van der Waals surface area contributed by atoms with E-state index < -0.39 is 0 Å². The first-order valence-electron chi connectivity index (χ1n) is 8.90. The second kappa shape index (κ2) is 7.33. The van der Waals surface area contributed by atoms with E-state index in [2.05, 4.69) is 49.7 Å². The lowest BCUT2D eigenvalue weighted by Crippen LogP contribution is -2.30. The lowest BCUT2D eigenvalue weighted by atomic mass is 10.0. The monoisotopic (exact) mass is 336 g/mol. The molecule has 5 nitrogen and oxygen atoms in total. The number of nitrogens with zero attached hydrogens (tertiary/aromatic N) is 4. The quantitative estimate of drug-likeness (QED) is 0.735. The minimum Gasteiger partial charge on any atom is -0.380 e. The molecule has 1 fully saturated rings. The minimum atomic E-state index is 0.453. The van der Waals surface area contributed by atoms with E-state index in [0.29, 0.717) is 5.92 Å². The second-order valence-corrected chi connectivity index (χ2v) is 6.86. The minimum absolute atomic E-state index is 0.453. The molecule has 0 radical (unpaired) electrons. The van der Waals surface area contributed by atoms with E-state index in [9.17, 15) is 0 Å². The third-order valence-corrected chi connectivity index (χ3v) is 4.81. The zero-order valence-corrected chi connectivity index (χ0v) is 14.6. The highest BCUT2D eigenvalue weighted by atomic mass is 16.5. The summed E-state index contributed by atoms with van der Waals surface area (Å²) in [4.78, 5) is 11.5. The third-order valence-electron chi connectivity index (χ3n) is 4.81. The summed E-state index contributed by atoms with van der Waals surface area (Å²) in [5.74, 6) is 0.453. The van der Waals surface area contributed by atoms with Crippen LogP contribution in [0, 0.1) is 12.8 Å². The van der Waals surface area contributed by atoms with Crippen LogP contribution in [-0.2, 0) is 17.7 Å². The number of rotatable bonds is 4. The molecule has 0 bridgehead atoms. The van der Waals surface area contributed by atoms with Gasteiger partial charge in [-0.3, -0.25) is 14.9 Å². The topological polar surface area (TPSA) is 42.7 Å². The van der Waals surface area contributed by atoms with Crippen molar-refractivity contribution in [2.24, 2.45) is 5.92 Å². The lowest BCUT2D eigenvalue weighted by molar-refractivity contribution is 0.121. The molecule has 0 saturated carbocycles. The van der Waals surface area contributed by atoms with Crippen molar-refractivity contribution in [2.45, 2.75) is 19.9 Å². The maximum atomic E-state index is 5.87. The molecule has 4 rings (SSSR count). The molecule has 0 unspecified atom stereocenters. The van der Waals surface area contributed by atoms with E-state index in [4.69, 9.17) is 4.74 Å². The first-order valence-corrected chi connectivity index (χ1v) is 8.90. The molecule has 1 saturated heterocycles. The Labute approximate surface area is 148 Å². The Hall–Kier alpha value is -2.24. The summed E-state index contributed by atoms with van der Waals surface area (Å²) < 4.78 is 8.00. The van der Waals surface area contributed by atoms with Gasteiger partial charge in [-0.15, -0.1) is 0 Å². The zero-order valence-electron chi connectivity index (χ0n) is 14.6. The van der Waals surface area contributed by atoms with Crippen molar-refractivity contribution < 1.29 is 4.74 Å². The molecule has 5 heteroatoms. The van der Waals surface area contributed by atoms with Crippen LogP contribution in [0.5, 0.6) is 0 Å². The van der Waals surface area contributed by atoms with E-state index in [1.54, 1.807) is 0 Å². The van der Waals surface area contributed by atoms with Gasteiger partial charge in [0.2, 0.25) is 0 Å². The van der Waals surface area contributed by atoms with E-state index in [1.165, 1.54) is 11.1 Å². The first-order chi connectivity index (χ1) is 12.3. The Morgan fingerprint density at radius 2 is 2.16 bits per heavy atom. The van der Waals surface area contributed by atoms with Crippen molar-refractivity contribution in [3.05, 3.63) is 66.0 Å². The second-order valence-electron chi connectivity index (χ2n) is 6.86. The first kappa shape index (κ1) is 16.2. The van der Waals surface area contributed by atoms with Crippen LogP contribution in [0.15, 0.2) is 49.1 Å². The highest BCUT2D eigenvalue weighted by Crippen LogP contribution is 2.18. The summed E-state index contributed by atoms with van der Waals surface area (Å²) in [6.45, 7) is 6.53. The number of ether oxygens (including phenoxy) is 1. The van der Waals surface area contributed by atoms with Gasteiger partial charge >= 0.3 is 0 Å². The van der Waals surface area contributed by atoms with E-state index in [1.807, 2.05) is 25.5 Å². The average molecular weight is 336 g/mol. The summed E-state index contributed by atoms with van der Waals surface area (Å²) in [5, 5.41) is 0. The van der Waals surface area contributed by atoms with Crippen LogP contribution in [0.4, 0.5) is 0 Å². The van der Waals surface area contributed by atoms with Crippen molar-refractivity contribution in [1.82, 2.24) is 19.3 Å². The smallest absolute Gasteiger partial charge is 0.0666 e. The molecule has 0 N–H and O–H groups in total. The van der Waals surface area contributed by atoms with Gasteiger partial charge in [0.1, 0.15) is 0 Å². The molecule has 130 valence electrons. The van der Waals surface area contributed by atoms with Crippen LogP contribution >= 0.6 is 0 Å². The zero-order chi connectivity index (χ0) is 17.1. The number of aromatic nitrogens is 3. The molecule has 1 atom stereocenters. The molecule has 0 amide bonds. The lowest BCUT2D eigenvalue weighted by Gasteiger charge is -2.23. The Kier molecular flexibility index (Phi) is 4.76. The standard InChI is InChI=1S/C20H24N4O/c1-16-4-5-17(12-22-16)13-23-9-10-25-15-18(14-23)11-19-20-3-2-7-24(20)8-6-21-19/h2-8,12,18H,9-11,13-15H2,1H3/t18-/m0/s1. The van der Waals surface area contributed by atoms with Crippen molar-refractivity contribution in [3.63, 3.8) is 0 Å². The number of hydrogen-bond donors (Lipinski definition) is 0. The SMILES string of the molecule is Cc1ccc(CN2CCOC[C@@H](Cc3nccn4cccc34)C2)cn1. The van der Waals surface area contributed by atoms with Gasteiger partial charge in [-0.1, -0.05) is 6.07 Å². The van der Waals surface area contributed by atoms with Crippen LogP contribution in [0.2, 0.25) is 0 Å². The van der Waals surface area contributed by atoms with Gasteiger partial charge in [-0.25, -0.2) is 0 Å². The van der Waals surface area contributed by atoms with Gasteiger partial charge in [0.15, 0.2) is 0 Å². The molecule has 25 heavy (non-hydrogen) atoms. The molecule has 1 aliphatic heterocycles. The maximum absolute atomic E-state index is 5.87. The predicted molar refractivity (Wildman–Crippen MR) is 97.5 cm³/mol. The van der Waals surface area contributed by atoms with Crippen LogP contribution in [0.25, 0.3) is 5.52 Å². The number of fused-ring (bicyclic) bond motifs is 1. The van der Waals surface area contributed by atoms with E-state index >= 15 is 0 Å². The Morgan fingerprint density at radius 1 is 1.20 bits per heavy atom. The Balaban J connectivity index is 1.46. The van der Waals surface area contributed by atoms with Gasteiger partial charge in [-0.2, -0.15) is 0 Å². The highest BCUT2D eigenvalue weighted by Gasteiger charge is 2.20. The fourth-order valence-corrected chi connectivity index (χ4v) is 3.53. The van der Waals surface area contributed by atoms with E-state index in [-0.39, 0.29) is 0 Å². The van der Waals surface area contributed by atoms with Crippen LogP contribution in [-0.4, -0.2) is 45.6 Å². The van der Waals surface area contributed by atoms with Crippen molar-refractivity contribution in [2.75, 3.05) is 26.3 Å². The summed E-state index contributed by atoms with van der Waals surface area (Å²) in [6, 6.07) is 8.46. The Morgan fingerprint density at radius 3 is 3.04 bits per heavy atom. The molecular formula is C20H24N4O. The molecular weight excluding hydrogens is 312 g/mol. The molecule has 0 spiro atoms. The fraction of sp³-hybridized carbons (Fsp3) is 0.400. The number of aryl methyl sites for hydroxylation is 1. The summed E-state index contributed by atoms with van der Waals surface area (Å²) in [7, 11) is 0. The van der Waals surface area contributed by atoms with Crippen molar-refractivity contribution >= 4 is 5.52 Å². The van der Waals surface area contributed by atoms with Crippen LogP contribution < -0.4 is 0 Å². The molecule has 4 heterocycles. The molecule has 1 aliphatic rings. The van der Waals surface area contributed by atoms with Gasteiger partial charge < -0.3 is 9.14 Å². The van der Waals surface area contributed by atoms with Gasteiger partial charge in [0.25, 0.3) is 0 Å². The normalized spacial score (nSPS) is 19.2. The van der Waals surface area contributed by atoms with Gasteiger partial charge in [-0.05, 0) is 37.1 Å². The average Bonchev–Trinajstić information content (AvgIpc) is 3.00.